The number of ether oxygens (including phenoxy) is 1. The van der Waals surface area contributed by atoms with Crippen LogP contribution in [0.3, 0.4) is 0 Å². The largest absolute Gasteiger partial charge is 0.493 e. The summed E-state index contributed by atoms with van der Waals surface area (Å²) in [7, 11) is 0. The van der Waals surface area contributed by atoms with Crippen LogP contribution in [0.15, 0.2) is 77.7 Å². The van der Waals surface area contributed by atoms with Gasteiger partial charge in [0, 0.05) is 44.2 Å². The van der Waals surface area contributed by atoms with Gasteiger partial charge >= 0.3 is 0 Å². The van der Waals surface area contributed by atoms with Gasteiger partial charge in [0.25, 0.3) is 5.92 Å². The SMILES string of the molecule is Fc1ccc(-c2ccc(CN3CCN(Sc4ccc(OCC5CCCCC5)cc4)CC3)cc2)cc1.NC1CCN(C=O)CC1(F)F. The molecule has 0 radical (unpaired) electrons. The van der Waals surface area contributed by atoms with Crippen LogP contribution in [0.1, 0.15) is 44.1 Å². The number of rotatable bonds is 9. The number of benzene rings is 3. The topological polar surface area (TPSA) is 62.0 Å². The molecule has 46 heavy (non-hydrogen) atoms. The molecule has 6 nitrogen and oxygen atoms in total. The molecule has 2 heterocycles. The summed E-state index contributed by atoms with van der Waals surface area (Å²) in [6.07, 6.45) is 7.36. The summed E-state index contributed by atoms with van der Waals surface area (Å²) in [5.74, 6) is -1.38. The van der Waals surface area contributed by atoms with Crippen molar-refractivity contribution in [1.82, 2.24) is 14.1 Å². The lowest BCUT2D eigenvalue weighted by atomic mass is 9.90. The molecule has 0 bridgehead atoms. The first kappa shape index (κ1) is 34.3. The highest BCUT2D eigenvalue weighted by atomic mass is 32.2. The van der Waals surface area contributed by atoms with Crippen LogP contribution in [0, 0.1) is 11.7 Å². The highest BCUT2D eigenvalue weighted by Crippen LogP contribution is 2.29. The zero-order valence-electron chi connectivity index (χ0n) is 26.3. The van der Waals surface area contributed by atoms with Gasteiger partial charge in [-0.2, -0.15) is 0 Å². The molecular weight excluding hydrogens is 609 g/mol. The lowest BCUT2D eigenvalue weighted by Gasteiger charge is -2.34. The number of alkyl halides is 2. The Balaban J connectivity index is 0.000000322. The van der Waals surface area contributed by atoms with Crippen molar-refractivity contribution in [3.8, 4) is 16.9 Å². The van der Waals surface area contributed by atoms with Gasteiger partial charge in [0.05, 0.1) is 19.2 Å². The van der Waals surface area contributed by atoms with Gasteiger partial charge in [0.2, 0.25) is 6.41 Å². The van der Waals surface area contributed by atoms with Crippen LogP contribution in [0.2, 0.25) is 0 Å². The molecule has 2 aliphatic heterocycles. The smallest absolute Gasteiger partial charge is 0.280 e. The molecule has 10 heteroatoms. The Morgan fingerprint density at radius 1 is 0.826 bits per heavy atom. The van der Waals surface area contributed by atoms with Crippen LogP contribution in [0.5, 0.6) is 5.75 Å². The molecule has 6 rings (SSSR count). The summed E-state index contributed by atoms with van der Waals surface area (Å²) >= 11 is 1.85. The molecule has 3 fully saturated rings. The summed E-state index contributed by atoms with van der Waals surface area (Å²) in [6.45, 7) is 5.86. The van der Waals surface area contributed by atoms with Crippen molar-refractivity contribution in [2.75, 3.05) is 45.9 Å². The van der Waals surface area contributed by atoms with E-state index in [4.69, 9.17) is 10.5 Å². The predicted octanol–water partition coefficient (Wildman–Crippen LogP) is 7.09. The second kappa shape index (κ2) is 16.7. The summed E-state index contributed by atoms with van der Waals surface area (Å²) in [5.41, 5.74) is 8.63. The Morgan fingerprint density at radius 2 is 1.46 bits per heavy atom. The Kier molecular flexibility index (Phi) is 12.4. The van der Waals surface area contributed by atoms with Gasteiger partial charge in [0.15, 0.2) is 0 Å². The molecule has 0 aromatic heterocycles. The lowest BCUT2D eigenvalue weighted by Crippen LogP contribution is -2.54. The summed E-state index contributed by atoms with van der Waals surface area (Å²) in [5, 5.41) is 0. The zero-order chi connectivity index (χ0) is 32.4. The Labute approximate surface area is 275 Å². The second-order valence-electron chi connectivity index (χ2n) is 12.5. The van der Waals surface area contributed by atoms with Crippen LogP contribution in [-0.4, -0.2) is 78.4 Å². The van der Waals surface area contributed by atoms with Crippen molar-refractivity contribution in [2.24, 2.45) is 11.7 Å². The number of hydrogen-bond acceptors (Lipinski definition) is 6. The maximum absolute atomic E-state index is 13.2. The molecule has 1 unspecified atom stereocenters. The molecule has 1 atom stereocenters. The molecule has 1 saturated carbocycles. The average Bonchev–Trinajstić information content (AvgIpc) is 3.08. The molecule has 1 amide bonds. The highest BCUT2D eigenvalue weighted by Gasteiger charge is 2.42. The normalized spacial score (nSPS) is 20.9. The highest BCUT2D eigenvalue weighted by molar-refractivity contribution is 7.97. The lowest BCUT2D eigenvalue weighted by molar-refractivity contribution is -0.130. The Bertz CT molecular complexity index is 1350. The molecule has 2 N–H and O–H groups in total. The average molecular weight is 655 g/mol. The van der Waals surface area contributed by atoms with Crippen LogP contribution in [-0.2, 0) is 11.3 Å². The predicted molar refractivity (Wildman–Crippen MR) is 178 cm³/mol. The molecule has 3 aromatic rings. The number of carbonyl (C=O) groups is 1. The number of piperazine rings is 1. The van der Waals surface area contributed by atoms with Gasteiger partial charge in [-0.3, -0.25) is 9.69 Å². The van der Waals surface area contributed by atoms with E-state index in [0.29, 0.717) is 13.0 Å². The third-order valence-electron chi connectivity index (χ3n) is 8.97. The molecule has 3 aliphatic rings. The summed E-state index contributed by atoms with van der Waals surface area (Å²) in [4.78, 5) is 14.9. The second-order valence-corrected chi connectivity index (χ2v) is 13.7. The van der Waals surface area contributed by atoms with E-state index >= 15 is 0 Å². The van der Waals surface area contributed by atoms with E-state index in [9.17, 15) is 18.0 Å². The van der Waals surface area contributed by atoms with Gasteiger partial charge in [0.1, 0.15) is 11.6 Å². The van der Waals surface area contributed by atoms with E-state index in [1.165, 1.54) is 54.7 Å². The van der Waals surface area contributed by atoms with E-state index in [0.717, 1.165) is 67.0 Å². The van der Waals surface area contributed by atoms with E-state index in [1.54, 1.807) is 0 Å². The molecule has 3 aromatic carbocycles. The third-order valence-corrected chi connectivity index (χ3v) is 10.1. The van der Waals surface area contributed by atoms with Crippen LogP contribution in [0.4, 0.5) is 13.2 Å². The molecular formula is C36H45F3N4O2S. The third kappa shape index (κ3) is 10.2. The van der Waals surface area contributed by atoms with Gasteiger partial charge < -0.3 is 15.4 Å². The van der Waals surface area contributed by atoms with E-state index in [-0.39, 0.29) is 12.2 Å². The van der Waals surface area contributed by atoms with Crippen molar-refractivity contribution in [2.45, 2.75) is 61.9 Å². The number of piperidine rings is 1. The Hall–Kier alpha value is -3.05. The monoisotopic (exact) mass is 654 g/mol. The number of likely N-dealkylation sites (tertiary alicyclic amines) is 1. The number of hydrogen-bond donors (Lipinski definition) is 1. The molecule has 248 valence electrons. The number of nitrogens with two attached hydrogens (primary N) is 1. The summed E-state index contributed by atoms with van der Waals surface area (Å²) in [6, 6.07) is 22.9. The minimum absolute atomic E-state index is 0.172. The van der Waals surface area contributed by atoms with Crippen molar-refractivity contribution < 1.29 is 22.7 Å². The van der Waals surface area contributed by atoms with Gasteiger partial charge in [-0.25, -0.2) is 17.5 Å². The van der Waals surface area contributed by atoms with Gasteiger partial charge in [-0.15, -0.1) is 0 Å². The maximum atomic E-state index is 13.2. The van der Waals surface area contributed by atoms with Gasteiger partial charge in [-0.05, 0) is 90.2 Å². The fourth-order valence-electron chi connectivity index (χ4n) is 6.07. The first-order valence-corrected chi connectivity index (χ1v) is 17.1. The van der Waals surface area contributed by atoms with E-state index in [1.807, 2.05) is 24.1 Å². The van der Waals surface area contributed by atoms with Crippen LogP contribution < -0.4 is 10.5 Å². The molecule has 1 aliphatic carbocycles. The number of nitrogens with zero attached hydrogens (tertiary/aromatic N) is 3. The zero-order valence-corrected chi connectivity index (χ0v) is 27.2. The number of carbonyl (C=O) groups excluding carboxylic acids is 1. The fourth-order valence-corrected chi connectivity index (χ4v) is 6.97. The maximum Gasteiger partial charge on any atom is 0.280 e. The minimum Gasteiger partial charge on any atom is -0.493 e. The van der Waals surface area contributed by atoms with Crippen molar-refractivity contribution in [1.29, 1.82) is 0 Å². The van der Waals surface area contributed by atoms with E-state index < -0.39 is 18.5 Å². The first-order chi connectivity index (χ1) is 22.3. The number of halogens is 3. The van der Waals surface area contributed by atoms with E-state index in [2.05, 4.69) is 57.7 Å². The minimum atomic E-state index is -2.92. The van der Waals surface area contributed by atoms with Crippen molar-refractivity contribution >= 4 is 18.4 Å². The Morgan fingerprint density at radius 3 is 2.07 bits per heavy atom. The first-order valence-electron chi connectivity index (χ1n) is 16.3. The van der Waals surface area contributed by atoms with Crippen LogP contribution in [0.25, 0.3) is 11.1 Å². The fraction of sp³-hybridized carbons (Fsp3) is 0.472. The van der Waals surface area contributed by atoms with Crippen LogP contribution >= 0.6 is 11.9 Å². The van der Waals surface area contributed by atoms with Crippen molar-refractivity contribution in [3.05, 3.63) is 84.2 Å². The van der Waals surface area contributed by atoms with Gasteiger partial charge in [-0.1, -0.05) is 55.7 Å². The molecule has 2 saturated heterocycles. The van der Waals surface area contributed by atoms with Crippen molar-refractivity contribution in [3.63, 3.8) is 0 Å². The summed E-state index contributed by atoms with van der Waals surface area (Å²) < 4.78 is 47.1. The quantitative estimate of drug-likeness (QED) is 0.197. The standard InChI is InChI=1S/C30H35FN2OS.C6H10F2N2O/c31-28-12-10-27(11-13-28)26-8-6-24(7-9-26)22-32-18-20-33(21-19-32)35-30-16-14-29(15-17-30)34-23-25-4-2-1-3-5-25;7-6(8)3-10(4-11)2-1-5(6)9/h6-17,25H,1-5,18-23H2;4-5H,1-3,9H2. The number of amides is 1. The molecule has 0 spiro atoms.